The molecule has 6 nitrogen and oxygen atoms in total. The first kappa shape index (κ1) is 24.6. The van der Waals surface area contributed by atoms with E-state index in [0.29, 0.717) is 16.6 Å². The maximum atomic E-state index is 13.3. The normalized spacial score (nSPS) is 11.3. The number of rotatable bonds is 10. The number of para-hydroxylation sites is 1. The number of nitrogens with zero attached hydrogens (tertiary/aromatic N) is 1. The molecule has 174 valence electrons. The maximum absolute atomic E-state index is 13.3. The molecule has 0 aliphatic carbocycles. The van der Waals surface area contributed by atoms with Gasteiger partial charge in [0.05, 0.1) is 17.1 Å². The number of anilines is 1. The van der Waals surface area contributed by atoms with E-state index in [-0.39, 0.29) is 24.6 Å². The van der Waals surface area contributed by atoms with Gasteiger partial charge in [0.25, 0.3) is 10.0 Å². The molecule has 0 fully saturated rings. The maximum Gasteiger partial charge on any atom is 0.264 e. The van der Waals surface area contributed by atoms with E-state index in [4.69, 9.17) is 16.3 Å². The fourth-order valence-electron chi connectivity index (χ4n) is 3.27. The van der Waals surface area contributed by atoms with Crippen molar-refractivity contribution in [3.63, 3.8) is 0 Å². The van der Waals surface area contributed by atoms with Crippen LogP contribution in [0.4, 0.5) is 5.69 Å². The van der Waals surface area contributed by atoms with Gasteiger partial charge < -0.3 is 10.1 Å². The van der Waals surface area contributed by atoms with Gasteiger partial charge in [0.2, 0.25) is 5.91 Å². The van der Waals surface area contributed by atoms with E-state index in [9.17, 15) is 13.2 Å². The van der Waals surface area contributed by atoms with Crippen LogP contribution in [0.1, 0.15) is 25.3 Å². The standard InChI is InChI=1S/C25H27ClN2O4S/c1-19(2)23-10-6-7-11-24(23)32-17-16-27-25(29)18-28(21-14-12-20(26)13-15-21)33(30,31)22-8-4-3-5-9-22/h3-15,19H,16-18H2,1-2H3,(H,27,29). The third-order valence-electron chi connectivity index (χ3n) is 4.96. The van der Waals surface area contributed by atoms with Crippen molar-refractivity contribution in [3.8, 4) is 5.75 Å². The minimum atomic E-state index is -3.95. The lowest BCUT2D eigenvalue weighted by atomic mass is 10.0. The highest BCUT2D eigenvalue weighted by molar-refractivity contribution is 7.92. The van der Waals surface area contributed by atoms with Gasteiger partial charge in [-0.05, 0) is 53.9 Å². The molecule has 0 aromatic heterocycles. The van der Waals surface area contributed by atoms with Crippen LogP contribution in [0.5, 0.6) is 5.75 Å². The molecule has 3 aromatic carbocycles. The van der Waals surface area contributed by atoms with E-state index in [0.717, 1.165) is 15.6 Å². The molecule has 3 rings (SSSR count). The molecule has 0 atom stereocenters. The minimum Gasteiger partial charge on any atom is -0.491 e. The van der Waals surface area contributed by atoms with Crippen molar-refractivity contribution < 1.29 is 17.9 Å². The summed E-state index contributed by atoms with van der Waals surface area (Å²) in [6.45, 7) is 4.30. The van der Waals surface area contributed by atoms with E-state index in [1.54, 1.807) is 42.5 Å². The van der Waals surface area contributed by atoms with Gasteiger partial charge >= 0.3 is 0 Å². The van der Waals surface area contributed by atoms with Crippen molar-refractivity contribution >= 4 is 33.2 Å². The quantitative estimate of drug-likeness (QED) is 0.415. The summed E-state index contributed by atoms with van der Waals surface area (Å²) in [4.78, 5) is 12.8. The fourth-order valence-corrected chi connectivity index (χ4v) is 4.84. The zero-order chi connectivity index (χ0) is 23.8. The molecule has 8 heteroatoms. The van der Waals surface area contributed by atoms with Gasteiger partial charge in [-0.2, -0.15) is 0 Å². The van der Waals surface area contributed by atoms with Crippen LogP contribution in [0, 0.1) is 0 Å². The summed E-state index contributed by atoms with van der Waals surface area (Å²) in [6, 6.07) is 22.1. The van der Waals surface area contributed by atoms with Crippen molar-refractivity contribution in [2.24, 2.45) is 0 Å². The second-order valence-corrected chi connectivity index (χ2v) is 9.99. The first-order chi connectivity index (χ1) is 15.8. The SMILES string of the molecule is CC(C)c1ccccc1OCCNC(=O)CN(c1ccc(Cl)cc1)S(=O)(=O)c1ccccc1. The Balaban J connectivity index is 1.68. The number of halogens is 1. The predicted octanol–water partition coefficient (Wildman–Crippen LogP) is 4.85. The number of sulfonamides is 1. The number of ether oxygens (including phenoxy) is 1. The van der Waals surface area contributed by atoms with E-state index in [2.05, 4.69) is 19.2 Å². The highest BCUT2D eigenvalue weighted by atomic mass is 35.5. The summed E-state index contributed by atoms with van der Waals surface area (Å²) in [5.41, 5.74) is 1.44. The van der Waals surface area contributed by atoms with E-state index >= 15 is 0 Å². The second-order valence-electron chi connectivity index (χ2n) is 7.69. The third kappa shape index (κ3) is 6.49. The number of carbonyl (C=O) groups is 1. The minimum absolute atomic E-state index is 0.0985. The van der Waals surface area contributed by atoms with Crippen molar-refractivity contribution in [1.29, 1.82) is 0 Å². The zero-order valence-corrected chi connectivity index (χ0v) is 20.1. The molecule has 0 aliphatic rings. The third-order valence-corrected chi connectivity index (χ3v) is 7.00. The summed E-state index contributed by atoms with van der Waals surface area (Å²) in [5.74, 6) is 0.647. The number of amides is 1. The average Bonchev–Trinajstić information content (AvgIpc) is 2.81. The number of benzene rings is 3. The number of hydrogen-bond acceptors (Lipinski definition) is 4. The summed E-state index contributed by atoms with van der Waals surface area (Å²) >= 11 is 5.96. The summed E-state index contributed by atoms with van der Waals surface area (Å²) in [7, 11) is -3.95. The Bertz CT molecular complexity index is 1170. The molecular weight excluding hydrogens is 460 g/mol. The van der Waals surface area contributed by atoms with E-state index < -0.39 is 15.9 Å². The van der Waals surface area contributed by atoms with Crippen LogP contribution >= 0.6 is 11.6 Å². The van der Waals surface area contributed by atoms with E-state index in [1.807, 2.05) is 24.3 Å². The number of nitrogens with one attached hydrogen (secondary N) is 1. The van der Waals surface area contributed by atoms with Crippen molar-refractivity contribution in [1.82, 2.24) is 5.32 Å². The monoisotopic (exact) mass is 486 g/mol. The molecule has 1 N–H and O–H groups in total. The van der Waals surface area contributed by atoms with Crippen LogP contribution in [0.15, 0.2) is 83.8 Å². The largest absolute Gasteiger partial charge is 0.491 e. The van der Waals surface area contributed by atoms with Gasteiger partial charge in [0, 0.05) is 5.02 Å². The van der Waals surface area contributed by atoms with Gasteiger partial charge in [0.15, 0.2) is 0 Å². The first-order valence-corrected chi connectivity index (χ1v) is 12.4. The Morgan fingerprint density at radius 2 is 1.61 bits per heavy atom. The second kappa shape index (κ2) is 11.2. The molecule has 0 heterocycles. The molecule has 0 bridgehead atoms. The Morgan fingerprint density at radius 3 is 2.27 bits per heavy atom. The van der Waals surface area contributed by atoms with Crippen LogP contribution in [-0.4, -0.2) is 34.0 Å². The first-order valence-electron chi connectivity index (χ1n) is 10.6. The number of hydrogen-bond donors (Lipinski definition) is 1. The Hall–Kier alpha value is -3.03. The summed E-state index contributed by atoms with van der Waals surface area (Å²) < 4.78 is 33.4. The Morgan fingerprint density at radius 1 is 0.970 bits per heavy atom. The Labute approximate surface area is 200 Å². The molecule has 0 radical (unpaired) electrons. The molecule has 0 unspecified atom stereocenters. The van der Waals surface area contributed by atoms with Crippen LogP contribution in [0.2, 0.25) is 5.02 Å². The highest BCUT2D eigenvalue weighted by Crippen LogP contribution is 2.26. The van der Waals surface area contributed by atoms with Gasteiger partial charge in [-0.1, -0.05) is 61.8 Å². The topological polar surface area (TPSA) is 75.7 Å². The molecule has 0 saturated carbocycles. The molecule has 0 spiro atoms. The fraction of sp³-hybridized carbons (Fsp3) is 0.240. The molecule has 33 heavy (non-hydrogen) atoms. The molecule has 0 saturated heterocycles. The van der Waals surface area contributed by atoms with Crippen molar-refractivity contribution in [2.75, 3.05) is 24.0 Å². The van der Waals surface area contributed by atoms with Gasteiger partial charge in [-0.15, -0.1) is 0 Å². The van der Waals surface area contributed by atoms with E-state index in [1.165, 1.54) is 12.1 Å². The Kier molecular flexibility index (Phi) is 8.36. The molecule has 0 aliphatic heterocycles. The van der Waals surface area contributed by atoms with Crippen LogP contribution < -0.4 is 14.4 Å². The number of carbonyl (C=O) groups excluding carboxylic acids is 1. The van der Waals surface area contributed by atoms with Crippen LogP contribution in [0.3, 0.4) is 0 Å². The molecule has 3 aromatic rings. The lowest BCUT2D eigenvalue weighted by Crippen LogP contribution is -2.41. The molecular formula is C25H27ClN2O4S. The predicted molar refractivity (Wildman–Crippen MR) is 131 cm³/mol. The lowest BCUT2D eigenvalue weighted by molar-refractivity contribution is -0.119. The van der Waals surface area contributed by atoms with Crippen molar-refractivity contribution in [3.05, 3.63) is 89.4 Å². The van der Waals surface area contributed by atoms with Crippen molar-refractivity contribution in [2.45, 2.75) is 24.7 Å². The summed E-state index contributed by atoms with van der Waals surface area (Å²) in [5, 5.41) is 3.21. The van der Waals surface area contributed by atoms with Gasteiger partial charge in [-0.25, -0.2) is 8.42 Å². The van der Waals surface area contributed by atoms with Crippen LogP contribution in [0.25, 0.3) is 0 Å². The van der Waals surface area contributed by atoms with Crippen LogP contribution in [-0.2, 0) is 14.8 Å². The van der Waals surface area contributed by atoms with Gasteiger partial charge in [0.1, 0.15) is 18.9 Å². The summed E-state index contributed by atoms with van der Waals surface area (Å²) in [6.07, 6.45) is 0. The molecule has 1 amide bonds. The average molecular weight is 487 g/mol. The lowest BCUT2D eigenvalue weighted by Gasteiger charge is -2.24. The highest BCUT2D eigenvalue weighted by Gasteiger charge is 2.27. The zero-order valence-electron chi connectivity index (χ0n) is 18.6. The van der Waals surface area contributed by atoms with Gasteiger partial charge in [-0.3, -0.25) is 9.10 Å². The smallest absolute Gasteiger partial charge is 0.264 e.